The maximum atomic E-state index is 13.5. The Balaban J connectivity index is 1.31. The van der Waals surface area contributed by atoms with Crippen LogP contribution in [0.4, 0.5) is 10.6 Å². The molecule has 2 aromatic heterocycles. The number of nitrogens with one attached hydrogen (secondary N) is 2. The third-order valence-corrected chi connectivity index (χ3v) is 15.8. The molecule has 0 aliphatic rings. The zero-order chi connectivity index (χ0) is 40.3. The van der Waals surface area contributed by atoms with E-state index in [1.165, 1.54) is 0 Å². The zero-order valence-corrected chi connectivity index (χ0v) is 36.6. The summed E-state index contributed by atoms with van der Waals surface area (Å²) in [6.07, 6.45) is 2.01. The highest BCUT2D eigenvalue weighted by Gasteiger charge is 2.39. The van der Waals surface area contributed by atoms with Gasteiger partial charge in [0.15, 0.2) is 0 Å². The Kier molecular flexibility index (Phi) is 12.9. The van der Waals surface area contributed by atoms with Gasteiger partial charge in [0.25, 0.3) is 13.9 Å². The van der Waals surface area contributed by atoms with Gasteiger partial charge in [0, 0.05) is 40.7 Å². The van der Waals surface area contributed by atoms with Crippen LogP contribution in [0.25, 0.3) is 5.69 Å². The number of carbonyl (C=O) groups is 1. The molecule has 2 heterocycles. The summed E-state index contributed by atoms with van der Waals surface area (Å²) in [6, 6.07) is 24.4. The van der Waals surface area contributed by atoms with Crippen LogP contribution in [0.3, 0.4) is 0 Å². The fraction of sp³-hybridized carbons (Fsp3) is 0.357. The van der Waals surface area contributed by atoms with Gasteiger partial charge in [0.05, 0.1) is 22.9 Å². The van der Waals surface area contributed by atoms with Gasteiger partial charge in [-0.15, -0.1) is 11.8 Å². The molecule has 292 valence electrons. The van der Waals surface area contributed by atoms with Crippen molar-refractivity contribution in [2.75, 3.05) is 11.6 Å². The molecule has 9 nitrogen and oxygen atoms in total. The van der Waals surface area contributed by atoms with Crippen LogP contribution in [0.5, 0.6) is 11.5 Å². The van der Waals surface area contributed by atoms with Gasteiger partial charge in [0.2, 0.25) is 0 Å². The minimum atomic E-state index is -2.19. The number of halogens is 2. The lowest BCUT2D eigenvalue weighted by atomic mass is 9.92. The third kappa shape index (κ3) is 9.99. The molecule has 0 spiro atoms. The Labute approximate surface area is 339 Å². The first kappa shape index (κ1) is 42.0. The smallest absolute Gasteiger partial charge is 0.320 e. The number of hydrogen-bond acceptors (Lipinski definition) is 6. The number of hydrogen-bond donors (Lipinski definition) is 2. The minimum absolute atomic E-state index is 0.0211. The van der Waals surface area contributed by atoms with Crippen LogP contribution >= 0.6 is 35.0 Å². The fourth-order valence-electron chi connectivity index (χ4n) is 5.55. The first-order valence-corrected chi connectivity index (χ1v) is 23.0. The van der Waals surface area contributed by atoms with E-state index in [0.717, 1.165) is 33.0 Å². The van der Waals surface area contributed by atoms with Crippen molar-refractivity contribution < 1.29 is 14.0 Å². The molecule has 0 saturated heterocycles. The number of rotatable bonds is 12. The molecule has 0 radical (unpaired) electrons. The number of ether oxygens (including phenoxy) is 1. The van der Waals surface area contributed by atoms with Gasteiger partial charge in [-0.05, 0) is 66.2 Å². The summed E-state index contributed by atoms with van der Waals surface area (Å²) in [5.41, 5.74) is 4.38. The van der Waals surface area contributed by atoms with E-state index in [4.69, 9.17) is 37.5 Å². The Morgan fingerprint density at radius 3 is 2.20 bits per heavy atom. The summed E-state index contributed by atoms with van der Waals surface area (Å²) < 4.78 is 16.1. The Hall–Kier alpha value is -4.16. The Morgan fingerprint density at radius 2 is 1.55 bits per heavy atom. The number of thioether (sulfide) groups is 1. The van der Waals surface area contributed by atoms with Crippen LogP contribution in [0.2, 0.25) is 28.2 Å². The fourth-order valence-corrected chi connectivity index (χ4v) is 7.61. The first-order valence-electron chi connectivity index (χ1n) is 18.1. The molecule has 0 atom stereocenters. The topological polar surface area (TPSA) is 99.4 Å². The molecular weight excluding hydrogens is 770 g/mol. The molecule has 0 saturated carbocycles. The highest BCUT2D eigenvalue weighted by atomic mass is 35.5. The van der Waals surface area contributed by atoms with E-state index in [1.807, 2.05) is 79.9 Å². The zero-order valence-electron chi connectivity index (χ0n) is 33.3. The van der Waals surface area contributed by atoms with Crippen molar-refractivity contribution >= 4 is 55.1 Å². The van der Waals surface area contributed by atoms with Crippen molar-refractivity contribution in [3.8, 4) is 17.2 Å². The van der Waals surface area contributed by atoms with Gasteiger partial charge < -0.3 is 19.0 Å². The van der Waals surface area contributed by atoms with Crippen LogP contribution in [0.1, 0.15) is 69.6 Å². The van der Waals surface area contributed by atoms with Crippen LogP contribution in [-0.4, -0.2) is 35.0 Å². The predicted molar refractivity (Wildman–Crippen MR) is 230 cm³/mol. The van der Waals surface area contributed by atoms with Crippen LogP contribution in [0, 0.1) is 6.92 Å². The van der Waals surface area contributed by atoms with E-state index in [9.17, 15) is 9.59 Å². The van der Waals surface area contributed by atoms with E-state index < -0.39 is 14.3 Å². The number of carbonyl (C=O) groups excluding carboxylic acids is 1. The van der Waals surface area contributed by atoms with Gasteiger partial charge in [-0.3, -0.25) is 10.1 Å². The molecule has 5 rings (SSSR count). The van der Waals surface area contributed by atoms with Crippen molar-refractivity contribution in [3.05, 3.63) is 127 Å². The van der Waals surface area contributed by atoms with Crippen molar-refractivity contribution in [1.82, 2.24) is 19.7 Å². The van der Waals surface area contributed by atoms with Gasteiger partial charge >= 0.3 is 6.03 Å². The van der Waals surface area contributed by atoms with E-state index >= 15 is 0 Å². The predicted octanol–water partition coefficient (Wildman–Crippen LogP) is 11.0. The number of nitrogens with zero attached hydrogens (tertiary/aromatic N) is 3. The number of aromatic nitrogens is 3. The average Bonchev–Trinajstić information content (AvgIpc) is 3.55. The normalized spacial score (nSPS) is 12.1. The number of amides is 2. The lowest BCUT2D eigenvalue weighted by Gasteiger charge is -2.36. The quantitative estimate of drug-likeness (QED) is 0.0961. The Morgan fingerprint density at radius 1 is 0.891 bits per heavy atom. The molecule has 0 bridgehead atoms. The SMILES string of the molecule is CSc1ccccc1Cn1c(C)cc(OCc2ccccc2CNC(=O)Nc2cc(C(C)(C)C)nn2-c2ccc(Cl)c(O[Si](C)(C)C(C)(C)C)c2)c(Cl)c1=O. The summed E-state index contributed by atoms with van der Waals surface area (Å²) in [5, 5.41) is 11.4. The highest BCUT2D eigenvalue weighted by molar-refractivity contribution is 7.98. The number of benzene rings is 3. The molecule has 3 aromatic carbocycles. The maximum Gasteiger partial charge on any atom is 0.320 e. The Bertz CT molecular complexity index is 2240. The molecule has 0 fully saturated rings. The summed E-state index contributed by atoms with van der Waals surface area (Å²) in [4.78, 5) is 28.0. The largest absolute Gasteiger partial charge is 0.542 e. The lowest BCUT2D eigenvalue weighted by molar-refractivity contribution is 0.251. The number of urea groups is 1. The standard InChI is InChI=1S/C42H51Cl2N5O4SSi/c1-27-21-34(38(44)39(50)48(27)25-29-16-13-14-18-35(29)54-8)52-26-30-17-12-11-15-28(30)24-45-40(51)46-37-23-36(41(2,3)4)47-49(37)31-19-20-32(43)33(22-31)53-55(9,10)42(5,6)7/h11-23H,24-26H2,1-10H3,(H2,45,46,51). The molecule has 2 N–H and O–H groups in total. The number of anilines is 1. The van der Waals surface area contributed by atoms with Gasteiger partial charge in [0.1, 0.15) is 28.9 Å². The van der Waals surface area contributed by atoms with Crippen molar-refractivity contribution in [2.45, 2.75) is 96.6 Å². The molecule has 2 amide bonds. The first-order chi connectivity index (χ1) is 25.8. The molecular formula is C42H51Cl2N5O4SSi. The van der Waals surface area contributed by atoms with E-state index in [0.29, 0.717) is 34.6 Å². The molecule has 55 heavy (non-hydrogen) atoms. The highest BCUT2D eigenvalue weighted by Crippen LogP contribution is 2.40. The second kappa shape index (κ2) is 16.9. The molecule has 13 heteroatoms. The van der Waals surface area contributed by atoms with Crippen LogP contribution in [-0.2, 0) is 25.1 Å². The molecule has 5 aromatic rings. The molecule has 0 aliphatic heterocycles. The second-order valence-electron chi connectivity index (χ2n) is 16.1. The summed E-state index contributed by atoms with van der Waals surface area (Å²) in [5.74, 6) is 1.39. The van der Waals surface area contributed by atoms with Crippen molar-refractivity contribution in [2.24, 2.45) is 0 Å². The third-order valence-electron chi connectivity index (χ3n) is 9.93. The van der Waals surface area contributed by atoms with E-state index in [2.05, 4.69) is 65.3 Å². The summed E-state index contributed by atoms with van der Waals surface area (Å²) in [6.45, 7) is 19.7. The summed E-state index contributed by atoms with van der Waals surface area (Å²) >= 11 is 14.9. The number of aryl methyl sites for hydroxylation is 1. The maximum absolute atomic E-state index is 13.5. The van der Waals surface area contributed by atoms with E-state index in [-0.39, 0.29) is 34.2 Å². The average molecular weight is 821 g/mol. The van der Waals surface area contributed by atoms with Crippen molar-refractivity contribution in [1.29, 1.82) is 0 Å². The van der Waals surface area contributed by atoms with Gasteiger partial charge in [-0.2, -0.15) is 5.10 Å². The van der Waals surface area contributed by atoms with E-state index in [1.54, 1.807) is 33.1 Å². The summed E-state index contributed by atoms with van der Waals surface area (Å²) in [7, 11) is -2.19. The second-order valence-corrected chi connectivity index (χ2v) is 22.4. The number of pyridine rings is 1. The van der Waals surface area contributed by atoms with Gasteiger partial charge in [-0.1, -0.05) is 107 Å². The van der Waals surface area contributed by atoms with Crippen LogP contribution in [0.15, 0.2) is 88.6 Å². The van der Waals surface area contributed by atoms with Gasteiger partial charge in [-0.25, -0.2) is 9.48 Å². The van der Waals surface area contributed by atoms with Crippen molar-refractivity contribution in [3.63, 3.8) is 0 Å². The molecule has 0 unspecified atom stereocenters. The lowest BCUT2D eigenvalue weighted by Crippen LogP contribution is -2.43. The molecule has 0 aliphatic carbocycles. The minimum Gasteiger partial charge on any atom is -0.542 e. The monoisotopic (exact) mass is 819 g/mol. The van der Waals surface area contributed by atoms with Crippen LogP contribution < -0.4 is 25.4 Å².